The number of hydrogen-bond donors (Lipinski definition) is 4. The van der Waals surface area contributed by atoms with Gasteiger partial charge in [-0.3, -0.25) is 14.6 Å². The number of urea groups is 1. The van der Waals surface area contributed by atoms with Gasteiger partial charge in [-0.2, -0.15) is 11.8 Å². The Morgan fingerprint density at radius 1 is 1.32 bits per heavy atom. The smallest absolute Gasteiger partial charge is 0.328 e. The number of rotatable bonds is 8. The van der Waals surface area contributed by atoms with Crippen LogP contribution in [0.25, 0.3) is 6.08 Å². The van der Waals surface area contributed by atoms with E-state index in [9.17, 15) is 19.2 Å². The van der Waals surface area contributed by atoms with Crippen LogP contribution in [-0.2, 0) is 11.8 Å². The number of unbranched alkanes of at least 4 members (excludes halogenated alkanes) is 1. The highest BCUT2D eigenvalue weighted by atomic mass is 32.2. The maximum absolute atomic E-state index is 11.9. The van der Waals surface area contributed by atoms with E-state index in [-0.39, 0.29) is 24.0 Å². The number of hydrogen-bond acceptors (Lipinski definition) is 5. The van der Waals surface area contributed by atoms with Crippen LogP contribution < -0.4 is 27.2 Å². The van der Waals surface area contributed by atoms with Crippen LogP contribution >= 0.6 is 11.8 Å². The Bertz CT molecular complexity index is 877. The number of nitrogens with one attached hydrogen (secondary N) is 4. The highest BCUT2D eigenvalue weighted by Gasteiger charge is 2.42. The quantitative estimate of drug-likeness (QED) is 0.355. The van der Waals surface area contributed by atoms with Crippen molar-refractivity contribution in [1.29, 1.82) is 0 Å². The van der Waals surface area contributed by atoms with Crippen LogP contribution in [0.5, 0.6) is 0 Å². The van der Waals surface area contributed by atoms with Crippen molar-refractivity contribution in [3.8, 4) is 0 Å². The highest BCUT2D eigenvalue weighted by Crippen LogP contribution is 2.33. The molecule has 152 valence electrons. The molecular weight excluding hydrogens is 382 g/mol. The van der Waals surface area contributed by atoms with Gasteiger partial charge in [0.15, 0.2) is 0 Å². The van der Waals surface area contributed by atoms with Gasteiger partial charge >= 0.3 is 11.7 Å². The lowest BCUT2D eigenvalue weighted by molar-refractivity contribution is -0.121. The Kier molecular flexibility index (Phi) is 6.61. The van der Waals surface area contributed by atoms with E-state index in [2.05, 4.69) is 20.9 Å². The zero-order chi connectivity index (χ0) is 20.1. The van der Waals surface area contributed by atoms with E-state index in [1.54, 1.807) is 19.2 Å². The van der Waals surface area contributed by atoms with Gasteiger partial charge in [0, 0.05) is 37.2 Å². The molecule has 0 bridgehead atoms. The highest BCUT2D eigenvalue weighted by molar-refractivity contribution is 8.00. The average Bonchev–Trinajstić information content (AvgIpc) is 3.19. The first kappa shape index (κ1) is 20.2. The minimum absolute atomic E-state index is 0.0354. The summed E-state index contributed by atoms with van der Waals surface area (Å²) < 4.78 is 1.29. The summed E-state index contributed by atoms with van der Waals surface area (Å²) in [5.41, 5.74) is -0.558. The number of carbonyl (C=O) groups excluding carboxylic acids is 2. The van der Waals surface area contributed by atoms with Crippen LogP contribution in [-0.4, -0.2) is 51.1 Å². The Morgan fingerprint density at radius 3 is 2.96 bits per heavy atom. The molecule has 3 atom stereocenters. The Hall–Kier alpha value is -2.49. The molecule has 3 amide bonds. The van der Waals surface area contributed by atoms with Crippen molar-refractivity contribution >= 4 is 29.8 Å². The summed E-state index contributed by atoms with van der Waals surface area (Å²) in [6.45, 7) is 0.320. The summed E-state index contributed by atoms with van der Waals surface area (Å²) >= 11 is 1.88. The van der Waals surface area contributed by atoms with Gasteiger partial charge in [0.25, 0.3) is 5.56 Å². The molecule has 3 rings (SSSR count). The Balaban J connectivity index is 1.32. The third-order valence-electron chi connectivity index (χ3n) is 4.93. The molecular formula is C18H25N5O4S. The first-order valence-electron chi connectivity index (χ1n) is 9.36. The lowest BCUT2D eigenvalue weighted by Crippen LogP contribution is -2.36. The molecule has 3 heterocycles. The third-order valence-corrected chi connectivity index (χ3v) is 6.44. The number of aryl methyl sites for hydroxylation is 1. The number of fused-ring (bicyclic) bond motifs is 1. The maximum atomic E-state index is 11.9. The van der Waals surface area contributed by atoms with E-state index >= 15 is 0 Å². The lowest BCUT2D eigenvalue weighted by Gasteiger charge is -2.16. The summed E-state index contributed by atoms with van der Waals surface area (Å²) in [6.07, 6.45) is 7.88. The molecule has 10 heteroatoms. The fraction of sp³-hybridized carbons (Fsp3) is 0.556. The molecule has 9 nitrogen and oxygen atoms in total. The van der Waals surface area contributed by atoms with Crippen LogP contribution in [0.3, 0.4) is 0 Å². The van der Waals surface area contributed by atoms with E-state index in [1.807, 2.05) is 11.8 Å². The monoisotopic (exact) mass is 407 g/mol. The van der Waals surface area contributed by atoms with E-state index in [4.69, 9.17) is 0 Å². The van der Waals surface area contributed by atoms with Crippen LogP contribution in [0.2, 0.25) is 0 Å². The fourth-order valence-corrected chi connectivity index (χ4v) is 4.97. The van der Waals surface area contributed by atoms with Gasteiger partial charge < -0.3 is 20.5 Å². The molecule has 0 spiro atoms. The first-order valence-corrected chi connectivity index (χ1v) is 10.4. The molecule has 4 N–H and O–H groups in total. The first-order chi connectivity index (χ1) is 13.4. The minimum Gasteiger partial charge on any atom is -0.353 e. The normalized spacial score (nSPS) is 23.5. The van der Waals surface area contributed by atoms with Gasteiger partial charge in [-0.05, 0) is 12.8 Å². The topological polar surface area (TPSA) is 125 Å². The van der Waals surface area contributed by atoms with Gasteiger partial charge in [-0.15, -0.1) is 0 Å². The van der Waals surface area contributed by atoms with E-state index < -0.39 is 11.2 Å². The zero-order valence-electron chi connectivity index (χ0n) is 15.7. The third kappa shape index (κ3) is 5.06. The largest absolute Gasteiger partial charge is 0.353 e. The molecule has 0 saturated carbocycles. The molecule has 2 aliphatic heterocycles. The average molecular weight is 407 g/mol. The maximum Gasteiger partial charge on any atom is 0.328 e. The molecule has 3 unspecified atom stereocenters. The van der Waals surface area contributed by atoms with Crippen LogP contribution in [0.4, 0.5) is 4.79 Å². The number of aromatic nitrogens is 2. The fourth-order valence-electron chi connectivity index (χ4n) is 3.42. The minimum atomic E-state index is -0.464. The van der Waals surface area contributed by atoms with Crippen molar-refractivity contribution in [2.45, 2.75) is 43.0 Å². The van der Waals surface area contributed by atoms with Crippen molar-refractivity contribution in [1.82, 2.24) is 25.5 Å². The van der Waals surface area contributed by atoms with Crippen molar-refractivity contribution in [2.75, 3.05) is 12.3 Å². The zero-order valence-corrected chi connectivity index (χ0v) is 16.5. The number of nitrogens with zero attached hydrogens (tertiary/aromatic N) is 1. The van der Waals surface area contributed by atoms with Crippen LogP contribution in [0.15, 0.2) is 21.9 Å². The molecule has 1 aromatic heterocycles. The molecule has 0 aromatic carbocycles. The number of carbonyl (C=O) groups is 2. The summed E-state index contributed by atoms with van der Waals surface area (Å²) in [6, 6.07) is 0.362. The van der Waals surface area contributed by atoms with Crippen molar-refractivity contribution in [3.63, 3.8) is 0 Å². The van der Waals surface area contributed by atoms with E-state index in [0.29, 0.717) is 23.8 Å². The van der Waals surface area contributed by atoms with Gasteiger partial charge in [0.2, 0.25) is 5.91 Å². The molecule has 1 aromatic rings. The molecule has 0 aliphatic carbocycles. The SMILES string of the molecule is Cn1cc(C=CCNC(=O)CCCCC2SCC3NC(=O)NC32)c(=O)[nH]c1=O. The van der Waals surface area contributed by atoms with Crippen molar-refractivity contribution < 1.29 is 9.59 Å². The van der Waals surface area contributed by atoms with Crippen molar-refractivity contribution in [2.24, 2.45) is 7.05 Å². The second-order valence-corrected chi connectivity index (χ2v) is 8.30. The summed E-state index contributed by atoms with van der Waals surface area (Å²) in [7, 11) is 1.55. The lowest BCUT2D eigenvalue weighted by atomic mass is 10.0. The summed E-state index contributed by atoms with van der Waals surface area (Å²) in [5, 5.41) is 9.10. The number of aromatic amines is 1. The summed E-state index contributed by atoms with van der Waals surface area (Å²) in [5.74, 6) is 0.908. The standard InChI is InChI=1S/C18H25N5O4S/c1-23-9-11(16(25)22-18(23)27)5-4-8-19-14(24)7-3-2-6-13-15-12(10-28-13)20-17(26)21-15/h4-5,9,12-13,15H,2-3,6-8,10H2,1H3,(H,19,24)(H2,20,21,26)(H,22,25,27). The molecule has 2 saturated heterocycles. The Morgan fingerprint density at radius 2 is 2.14 bits per heavy atom. The summed E-state index contributed by atoms with van der Waals surface area (Å²) in [4.78, 5) is 48.4. The van der Waals surface area contributed by atoms with E-state index in [0.717, 1.165) is 25.0 Å². The molecule has 28 heavy (non-hydrogen) atoms. The molecule has 2 fully saturated rings. The second-order valence-electron chi connectivity index (χ2n) is 7.03. The van der Waals surface area contributed by atoms with Crippen LogP contribution in [0, 0.1) is 0 Å². The molecule has 0 radical (unpaired) electrons. The van der Waals surface area contributed by atoms with Gasteiger partial charge in [-0.1, -0.05) is 18.6 Å². The Labute approximate surface area is 166 Å². The predicted octanol–water partition coefficient (Wildman–Crippen LogP) is -0.0712. The van der Waals surface area contributed by atoms with Gasteiger partial charge in [-0.25, -0.2) is 9.59 Å². The van der Waals surface area contributed by atoms with Gasteiger partial charge in [0.1, 0.15) is 0 Å². The van der Waals surface area contributed by atoms with Crippen LogP contribution in [0.1, 0.15) is 31.2 Å². The predicted molar refractivity (Wildman–Crippen MR) is 108 cm³/mol. The number of thioether (sulfide) groups is 1. The second kappa shape index (κ2) is 9.13. The van der Waals surface area contributed by atoms with Crippen molar-refractivity contribution in [3.05, 3.63) is 38.7 Å². The molecule has 2 aliphatic rings. The van der Waals surface area contributed by atoms with Gasteiger partial charge in [0.05, 0.1) is 17.6 Å². The number of amides is 3. The van der Waals surface area contributed by atoms with E-state index in [1.165, 1.54) is 10.8 Å². The number of H-pyrrole nitrogens is 1.